The zero-order valence-corrected chi connectivity index (χ0v) is 14.3. The summed E-state index contributed by atoms with van der Waals surface area (Å²) in [6.45, 7) is 1.52. The lowest BCUT2D eigenvalue weighted by Crippen LogP contribution is -2.33. The van der Waals surface area contributed by atoms with Crippen LogP contribution in [0.3, 0.4) is 0 Å². The number of hydrogen-bond donors (Lipinski definition) is 3. The number of benzene rings is 2. The van der Waals surface area contributed by atoms with E-state index >= 15 is 0 Å². The predicted molar refractivity (Wildman–Crippen MR) is 101 cm³/mol. The summed E-state index contributed by atoms with van der Waals surface area (Å²) in [4.78, 5) is 0. The first-order valence-electron chi connectivity index (χ1n) is 8.41. The van der Waals surface area contributed by atoms with Gasteiger partial charge in [-0.25, -0.2) is 4.31 Å². The molecule has 2 aromatic carbocycles. The molecule has 0 aromatic heterocycles. The third-order valence-electron chi connectivity index (χ3n) is 4.45. The topological polar surface area (TPSA) is 59.0 Å². The molecule has 1 saturated carbocycles. The number of para-hydroxylation sites is 3. The van der Waals surface area contributed by atoms with Gasteiger partial charge in [-0.05, 0) is 61.0 Å². The minimum Gasteiger partial charge on any atom is -0.314 e. The van der Waals surface area contributed by atoms with Crippen LogP contribution < -0.4 is 13.9 Å². The first kappa shape index (κ1) is 15.8. The van der Waals surface area contributed by atoms with Gasteiger partial charge in [0.2, 0.25) is 0 Å². The average molecular weight is 345 g/mol. The van der Waals surface area contributed by atoms with E-state index in [1.54, 1.807) is 8.61 Å². The third-order valence-corrected chi connectivity index (χ3v) is 6.32. The first-order valence-corrected chi connectivity index (χ1v) is 9.87. The number of fused-ring (bicyclic) bond motifs is 1. The zero-order chi connectivity index (χ0) is 16.6. The third kappa shape index (κ3) is 2.86. The molecule has 0 radical (unpaired) electrons. The Balaban J connectivity index is 1.59. The van der Waals surface area contributed by atoms with Crippen LogP contribution in [0.15, 0.2) is 54.6 Å². The van der Waals surface area contributed by atoms with Crippen molar-refractivity contribution in [2.45, 2.75) is 25.3 Å². The summed E-state index contributed by atoms with van der Waals surface area (Å²) >= 11 is 0. The number of nitrogens with one attached hydrogen (secondary N) is 1. The Morgan fingerprint density at radius 2 is 1.62 bits per heavy atom. The first-order chi connectivity index (χ1) is 11.7. The molecule has 6 heteroatoms. The van der Waals surface area contributed by atoms with Crippen LogP contribution >= 0.6 is 11.0 Å². The van der Waals surface area contributed by atoms with Gasteiger partial charge in [-0.15, -0.1) is 0 Å². The second-order valence-corrected chi connectivity index (χ2v) is 8.08. The van der Waals surface area contributed by atoms with E-state index < -0.39 is 11.0 Å². The van der Waals surface area contributed by atoms with Crippen molar-refractivity contribution in [1.82, 2.24) is 5.32 Å². The van der Waals surface area contributed by atoms with E-state index in [1.807, 2.05) is 54.6 Å². The summed E-state index contributed by atoms with van der Waals surface area (Å²) in [6, 6.07) is 18.0. The van der Waals surface area contributed by atoms with Gasteiger partial charge in [0.25, 0.3) is 0 Å². The highest BCUT2D eigenvalue weighted by Gasteiger charge is 2.41. The monoisotopic (exact) mass is 345 g/mol. The van der Waals surface area contributed by atoms with Gasteiger partial charge in [0.1, 0.15) is 0 Å². The highest BCUT2D eigenvalue weighted by atomic mass is 32.3. The van der Waals surface area contributed by atoms with Gasteiger partial charge in [-0.3, -0.25) is 13.4 Å². The second-order valence-electron chi connectivity index (χ2n) is 6.29. The van der Waals surface area contributed by atoms with Gasteiger partial charge in [0, 0.05) is 12.6 Å². The number of nitrogens with zero attached hydrogens (tertiary/aromatic N) is 2. The fourth-order valence-electron chi connectivity index (χ4n) is 3.11. The van der Waals surface area contributed by atoms with Crippen LogP contribution in [-0.4, -0.2) is 28.2 Å². The SMILES string of the molecule is OS1(O)N(CCCNC2CC2)c2ccccc2N1c1ccccc1. The van der Waals surface area contributed by atoms with Crippen LogP contribution in [0.1, 0.15) is 19.3 Å². The second kappa shape index (κ2) is 6.29. The van der Waals surface area contributed by atoms with E-state index in [0.29, 0.717) is 12.6 Å². The van der Waals surface area contributed by atoms with Gasteiger partial charge < -0.3 is 5.32 Å². The molecular weight excluding hydrogens is 322 g/mol. The van der Waals surface area contributed by atoms with Crippen LogP contribution in [0.5, 0.6) is 0 Å². The Bertz CT molecular complexity index is 706. The molecule has 128 valence electrons. The molecule has 0 atom stereocenters. The lowest BCUT2D eigenvalue weighted by Gasteiger charge is -2.43. The summed E-state index contributed by atoms with van der Waals surface area (Å²) in [7, 11) is -3.09. The van der Waals surface area contributed by atoms with Gasteiger partial charge in [0.15, 0.2) is 0 Å². The number of hydrogen-bond acceptors (Lipinski definition) is 5. The van der Waals surface area contributed by atoms with E-state index in [9.17, 15) is 9.11 Å². The highest BCUT2D eigenvalue weighted by molar-refractivity contribution is 8.27. The maximum atomic E-state index is 11.0. The molecule has 1 heterocycles. The van der Waals surface area contributed by atoms with Crippen molar-refractivity contribution in [3.05, 3.63) is 54.6 Å². The molecule has 1 aliphatic carbocycles. The minimum atomic E-state index is -3.09. The van der Waals surface area contributed by atoms with E-state index in [1.165, 1.54) is 12.8 Å². The van der Waals surface area contributed by atoms with Gasteiger partial charge >= 0.3 is 0 Å². The van der Waals surface area contributed by atoms with Crippen molar-refractivity contribution in [1.29, 1.82) is 0 Å². The Labute approximate surface area is 144 Å². The van der Waals surface area contributed by atoms with Gasteiger partial charge in [-0.1, -0.05) is 30.3 Å². The molecule has 3 N–H and O–H groups in total. The van der Waals surface area contributed by atoms with Crippen molar-refractivity contribution in [2.24, 2.45) is 0 Å². The summed E-state index contributed by atoms with van der Waals surface area (Å²) in [6.07, 6.45) is 3.41. The van der Waals surface area contributed by atoms with Crippen molar-refractivity contribution in [3.8, 4) is 0 Å². The quantitative estimate of drug-likeness (QED) is 0.679. The van der Waals surface area contributed by atoms with E-state index in [2.05, 4.69) is 5.32 Å². The fraction of sp³-hybridized carbons (Fsp3) is 0.333. The molecule has 0 spiro atoms. The summed E-state index contributed by atoms with van der Waals surface area (Å²) in [5.41, 5.74) is 2.52. The van der Waals surface area contributed by atoms with Crippen LogP contribution in [0.25, 0.3) is 0 Å². The average Bonchev–Trinajstić information content (AvgIpc) is 3.37. The van der Waals surface area contributed by atoms with Crippen molar-refractivity contribution >= 4 is 28.0 Å². The molecule has 4 rings (SSSR count). The Kier molecular flexibility index (Phi) is 4.14. The van der Waals surface area contributed by atoms with Gasteiger partial charge in [0.05, 0.1) is 17.1 Å². The Morgan fingerprint density at radius 1 is 0.958 bits per heavy atom. The molecule has 0 saturated heterocycles. The molecule has 0 bridgehead atoms. The van der Waals surface area contributed by atoms with Gasteiger partial charge in [-0.2, -0.15) is 0 Å². The normalized spacial score (nSPS) is 20.1. The molecule has 1 fully saturated rings. The smallest absolute Gasteiger partial charge is 0.0896 e. The number of rotatable bonds is 6. The van der Waals surface area contributed by atoms with Crippen LogP contribution in [0, 0.1) is 0 Å². The maximum absolute atomic E-state index is 11.0. The standard InChI is InChI=1S/C18H23N3O2S/c22-24(23)20(14-6-13-19-15-11-12-15)17-9-4-5-10-18(17)21(24)16-7-2-1-3-8-16/h1-5,7-10,15,19,22-23H,6,11-14H2. The molecule has 0 amide bonds. The molecule has 2 aliphatic rings. The molecule has 0 unspecified atom stereocenters. The van der Waals surface area contributed by atoms with Crippen molar-refractivity contribution < 1.29 is 9.11 Å². The maximum Gasteiger partial charge on any atom is 0.0896 e. The van der Waals surface area contributed by atoms with Crippen molar-refractivity contribution in [2.75, 3.05) is 21.7 Å². The highest BCUT2D eigenvalue weighted by Crippen LogP contribution is 2.63. The van der Waals surface area contributed by atoms with E-state index in [4.69, 9.17) is 0 Å². The molecular formula is C18H23N3O2S. The fourth-order valence-corrected chi connectivity index (χ4v) is 4.92. The Morgan fingerprint density at radius 3 is 2.33 bits per heavy atom. The van der Waals surface area contributed by atoms with Crippen molar-refractivity contribution in [3.63, 3.8) is 0 Å². The Hall–Kier alpha value is -1.73. The molecule has 24 heavy (non-hydrogen) atoms. The van der Waals surface area contributed by atoms with E-state index in [0.717, 1.165) is 30.0 Å². The molecule has 1 aliphatic heterocycles. The zero-order valence-electron chi connectivity index (χ0n) is 13.5. The van der Waals surface area contributed by atoms with E-state index in [-0.39, 0.29) is 0 Å². The summed E-state index contributed by atoms with van der Waals surface area (Å²) in [5.74, 6) is 0. The van der Waals surface area contributed by atoms with Crippen LogP contribution in [0.4, 0.5) is 17.1 Å². The van der Waals surface area contributed by atoms with Crippen LogP contribution in [-0.2, 0) is 0 Å². The summed E-state index contributed by atoms with van der Waals surface area (Å²) < 4.78 is 25.4. The lowest BCUT2D eigenvalue weighted by atomic mass is 10.2. The largest absolute Gasteiger partial charge is 0.314 e. The predicted octanol–water partition coefficient (Wildman–Crippen LogP) is 4.37. The van der Waals surface area contributed by atoms with Crippen LogP contribution in [0.2, 0.25) is 0 Å². The number of anilines is 3. The molecule has 5 nitrogen and oxygen atoms in total. The summed E-state index contributed by atoms with van der Waals surface area (Å²) in [5, 5.41) is 3.48. The molecule has 2 aromatic rings. The minimum absolute atomic E-state index is 0.613. The lowest BCUT2D eigenvalue weighted by molar-refractivity contribution is 0.483.